The number of guanidine groups is 1. The summed E-state index contributed by atoms with van der Waals surface area (Å²) in [6, 6.07) is 11.4. The van der Waals surface area contributed by atoms with Crippen LogP contribution in [-0.2, 0) is 10.0 Å². The molecule has 0 saturated carbocycles. The SMILES string of the molecule is CN(C)C(NCCN1CCN(C(=O)c2cc(-c3nc4cc(C(=N)N)ccc4[nH]3)c(O)c(-c3cc(S(N)(=O)=O)ccc3O)c2)CC1)=[N+](C)C. The summed E-state index contributed by atoms with van der Waals surface area (Å²) in [4.78, 5) is 27.4. The molecular weight excluding hydrogens is 636 g/mol. The van der Waals surface area contributed by atoms with Gasteiger partial charge in [-0.3, -0.25) is 29.9 Å². The number of primary sulfonamides is 1. The predicted molar refractivity (Wildman–Crippen MR) is 184 cm³/mol. The normalized spacial score (nSPS) is 13.8. The maximum atomic E-state index is 14.0. The van der Waals surface area contributed by atoms with E-state index in [-0.39, 0.29) is 56.2 Å². The second-order valence-corrected chi connectivity index (χ2v) is 13.6. The van der Waals surface area contributed by atoms with Crippen LogP contribution in [0.2, 0.25) is 0 Å². The number of phenols is 2. The summed E-state index contributed by atoms with van der Waals surface area (Å²) >= 11 is 0. The average Bonchev–Trinajstić information content (AvgIpc) is 3.46. The molecule has 0 radical (unpaired) electrons. The van der Waals surface area contributed by atoms with Crippen LogP contribution in [0.4, 0.5) is 0 Å². The number of H-pyrrole nitrogens is 1. The van der Waals surface area contributed by atoms with Gasteiger partial charge in [0.25, 0.3) is 5.91 Å². The zero-order valence-corrected chi connectivity index (χ0v) is 28.1. The lowest BCUT2D eigenvalue weighted by Crippen LogP contribution is -2.51. The molecule has 2 heterocycles. The first-order valence-electron chi connectivity index (χ1n) is 15.2. The highest BCUT2D eigenvalue weighted by molar-refractivity contribution is 7.89. The molecule has 254 valence electrons. The molecule has 3 aromatic carbocycles. The van der Waals surface area contributed by atoms with Crippen LogP contribution in [0.15, 0.2) is 53.4 Å². The number of aromatic hydroxyl groups is 2. The van der Waals surface area contributed by atoms with Gasteiger partial charge >= 0.3 is 5.96 Å². The van der Waals surface area contributed by atoms with Crippen LogP contribution in [0.5, 0.6) is 11.5 Å². The molecule has 1 aliphatic heterocycles. The molecule has 0 atom stereocenters. The van der Waals surface area contributed by atoms with Gasteiger partial charge in [0.1, 0.15) is 23.2 Å². The fourth-order valence-corrected chi connectivity index (χ4v) is 6.29. The Labute approximate surface area is 278 Å². The van der Waals surface area contributed by atoms with Crippen molar-refractivity contribution >= 4 is 38.8 Å². The number of nitrogens with two attached hydrogens (primary N) is 2. The van der Waals surface area contributed by atoms with Gasteiger partial charge in [-0.1, -0.05) is 0 Å². The Morgan fingerprint density at radius 3 is 2.33 bits per heavy atom. The standard InChI is InChI=1S/C32H40N10O5S/c1-39(2)32(40(3)4)36-9-10-41-11-13-42(14-12-41)31(45)20-15-23(22-18-21(48(35,46)47)6-8-27(22)43)28(44)24(16-20)30-37-25-7-5-19(29(33)34)17-26(25)38-30/h5-8,15-18H,9-14H2,1-4H3,(H8,33,34,35,37,38,43,44,45,46,47)/p+1. The number of carbonyl (C=O) groups is 1. The number of imidazole rings is 1. The molecule has 1 fully saturated rings. The minimum Gasteiger partial charge on any atom is -0.507 e. The van der Waals surface area contributed by atoms with Crippen LogP contribution in [0.25, 0.3) is 33.5 Å². The van der Waals surface area contributed by atoms with E-state index in [1.165, 1.54) is 18.2 Å². The van der Waals surface area contributed by atoms with Gasteiger partial charge in [0.2, 0.25) is 10.0 Å². The number of piperazine rings is 1. The first-order valence-corrected chi connectivity index (χ1v) is 16.7. The van der Waals surface area contributed by atoms with E-state index in [2.05, 4.69) is 20.2 Å². The summed E-state index contributed by atoms with van der Waals surface area (Å²) in [6.07, 6.45) is 0. The molecule has 0 unspecified atom stereocenters. The highest BCUT2D eigenvalue weighted by Gasteiger charge is 2.27. The predicted octanol–water partition coefficient (Wildman–Crippen LogP) is 0.777. The smallest absolute Gasteiger partial charge is 0.347 e. The Kier molecular flexibility index (Phi) is 9.61. The van der Waals surface area contributed by atoms with E-state index in [0.29, 0.717) is 42.8 Å². The molecule has 9 N–H and O–H groups in total. The number of hydrogen-bond acceptors (Lipinski definition) is 8. The van der Waals surface area contributed by atoms with E-state index in [1.807, 2.05) is 37.7 Å². The van der Waals surface area contributed by atoms with Crippen molar-refractivity contribution in [3.63, 3.8) is 0 Å². The zero-order chi connectivity index (χ0) is 34.9. The Morgan fingerprint density at radius 1 is 1.02 bits per heavy atom. The topological polar surface area (TPSA) is 221 Å². The molecule has 4 aromatic rings. The number of amidine groups is 1. The van der Waals surface area contributed by atoms with Crippen molar-refractivity contribution in [3.05, 3.63) is 59.7 Å². The van der Waals surface area contributed by atoms with Gasteiger partial charge in [0, 0.05) is 55.0 Å². The highest BCUT2D eigenvalue weighted by Crippen LogP contribution is 2.43. The Bertz CT molecular complexity index is 2030. The summed E-state index contributed by atoms with van der Waals surface area (Å²) in [7, 11) is 3.75. The Hall–Kier alpha value is -5.19. The van der Waals surface area contributed by atoms with Crippen LogP contribution < -0.4 is 16.2 Å². The number of rotatable bonds is 8. The van der Waals surface area contributed by atoms with Crippen LogP contribution >= 0.6 is 0 Å². The number of amides is 1. The van der Waals surface area contributed by atoms with E-state index in [9.17, 15) is 23.4 Å². The number of benzene rings is 3. The van der Waals surface area contributed by atoms with Crippen LogP contribution in [-0.4, -0.2) is 133 Å². The molecule has 1 aromatic heterocycles. The van der Waals surface area contributed by atoms with Crippen LogP contribution in [0.3, 0.4) is 0 Å². The fraction of sp³-hybridized carbons (Fsp3) is 0.312. The number of hydrogen-bond donors (Lipinski definition) is 7. The minimum atomic E-state index is -4.15. The van der Waals surface area contributed by atoms with Crippen molar-refractivity contribution in [2.24, 2.45) is 10.9 Å². The second-order valence-electron chi connectivity index (χ2n) is 12.0. The van der Waals surface area contributed by atoms with E-state index in [0.717, 1.165) is 31.2 Å². The van der Waals surface area contributed by atoms with Gasteiger partial charge in [-0.2, -0.15) is 0 Å². The number of aromatic nitrogens is 2. The van der Waals surface area contributed by atoms with E-state index in [4.69, 9.17) is 16.3 Å². The summed E-state index contributed by atoms with van der Waals surface area (Å²) < 4.78 is 26.3. The van der Waals surface area contributed by atoms with Gasteiger partial charge in [-0.15, -0.1) is 0 Å². The zero-order valence-electron chi connectivity index (χ0n) is 27.3. The van der Waals surface area contributed by atoms with Crippen LogP contribution in [0, 0.1) is 5.41 Å². The van der Waals surface area contributed by atoms with Crippen molar-refractivity contribution in [2.45, 2.75) is 4.90 Å². The molecular formula is C32H41N10O5S+. The maximum Gasteiger partial charge on any atom is 0.347 e. The van der Waals surface area contributed by atoms with Crippen molar-refractivity contribution in [1.29, 1.82) is 5.41 Å². The average molecular weight is 678 g/mol. The number of nitrogens with one attached hydrogen (secondary N) is 3. The number of phenolic OH excluding ortho intramolecular Hbond substituents is 2. The van der Waals surface area contributed by atoms with E-state index >= 15 is 0 Å². The van der Waals surface area contributed by atoms with Gasteiger partial charge < -0.3 is 25.8 Å². The molecule has 0 aliphatic carbocycles. The lowest BCUT2D eigenvalue weighted by Gasteiger charge is -2.34. The lowest BCUT2D eigenvalue weighted by atomic mass is 9.96. The van der Waals surface area contributed by atoms with Gasteiger partial charge in [0.15, 0.2) is 0 Å². The lowest BCUT2D eigenvalue weighted by molar-refractivity contribution is -0.472. The van der Waals surface area contributed by atoms with E-state index < -0.39 is 10.0 Å². The first-order chi connectivity index (χ1) is 22.6. The minimum absolute atomic E-state index is 0.0160. The second kappa shape index (κ2) is 13.5. The number of carbonyl (C=O) groups excluding carboxylic acids is 1. The first kappa shape index (κ1) is 34.2. The Balaban J connectivity index is 1.48. The molecule has 5 rings (SSSR count). The summed E-state index contributed by atoms with van der Waals surface area (Å²) in [5, 5.41) is 38.9. The number of nitrogen functional groups attached to an aromatic ring is 1. The molecule has 15 nitrogen and oxygen atoms in total. The molecule has 1 amide bonds. The monoisotopic (exact) mass is 677 g/mol. The third-order valence-electron chi connectivity index (χ3n) is 8.21. The summed E-state index contributed by atoms with van der Waals surface area (Å²) in [5.41, 5.74) is 7.52. The number of sulfonamides is 1. The maximum absolute atomic E-state index is 14.0. The molecule has 0 bridgehead atoms. The fourth-order valence-electron chi connectivity index (χ4n) is 5.75. The Morgan fingerprint density at radius 2 is 1.71 bits per heavy atom. The third kappa shape index (κ3) is 7.20. The molecule has 1 saturated heterocycles. The number of fused-ring (bicyclic) bond motifs is 1. The highest BCUT2D eigenvalue weighted by atomic mass is 32.2. The van der Waals surface area contributed by atoms with Gasteiger partial charge in [0.05, 0.1) is 56.2 Å². The van der Waals surface area contributed by atoms with E-state index in [1.54, 1.807) is 23.1 Å². The molecule has 48 heavy (non-hydrogen) atoms. The van der Waals surface area contributed by atoms with Crippen LogP contribution in [0.1, 0.15) is 15.9 Å². The van der Waals surface area contributed by atoms with Crippen molar-refractivity contribution in [3.8, 4) is 34.0 Å². The molecule has 0 spiro atoms. The molecule has 1 aliphatic rings. The van der Waals surface area contributed by atoms with Gasteiger partial charge in [-0.25, -0.2) is 18.5 Å². The van der Waals surface area contributed by atoms with Crippen molar-refractivity contribution < 1.29 is 28.0 Å². The number of nitrogens with zero attached hydrogens (tertiary/aromatic N) is 5. The van der Waals surface area contributed by atoms with Gasteiger partial charge in [-0.05, 0) is 48.5 Å². The van der Waals surface area contributed by atoms with Crippen molar-refractivity contribution in [2.75, 3.05) is 67.5 Å². The van der Waals surface area contributed by atoms with Crippen molar-refractivity contribution in [1.82, 2.24) is 30.0 Å². The quantitative estimate of drug-likeness (QED) is 0.0789. The largest absolute Gasteiger partial charge is 0.507 e. The third-order valence-corrected chi connectivity index (χ3v) is 9.12. The summed E-state index contributed by atoms with van der Waals surface area (Å²) in [5.74, 6) is 0.102. The molecule has 16 heteroatoms. The summed E-state index contributed by atoms with van der Waals surface area (Å²) in [6.45, 7) is 3.77. The number of aromatic amines is 1.